The number of carbonyl (C=O) groups excluding carboxylic acids is 4. The summed E-state index contributed by atoms with van der Waals surface area (Å²) in [6.45, 7) is 0. The molecule has 13 heterocycles. The summed E-state index contributed by atoms with van der Waals surface area (Å²) in [7, 11) is 0. The van der Waals surface area contributed by atoms with Gasteiger partial charge in [-0.15, -0.1) is 46.4 Å². The summed E-state index contributed by atoms with van der Waals surface area (Å²) in [6, 6.07) is 54.7. The number of hydrogen-bond donors (Lipinski definition) is 0. The molecule has 66 heavy (non-hydrogen) atoms. The van der Waals surface area contributed by atoms with E-state index in [9.17, 15) is 19.2 Å². The van der Waals surface area contributed by atoms with Crippen LogP contribution in [0.15, 0.2) is 194 Å². The lowest BCUT2D eigenvalue weighted by molar-refractivity contribution is 0.103. The maximum absolute atomic E-state index is 13.3. The molecule has 0 fully saturated rings. The monoisotopic (exact) mass is 952 g/mol. The highest BCUT2D eigenvalue weighted by Crippen LogP contribution is 2.29. The fourth-order valence-electron chi connectivity index (χ4n) is 6.61. The van der Waals surface area contributed by atoms with Gasteiger partial charge in [0.05, 0.1) is 10.7 Å². The average Bonchev–Trinajstić information content (AvgIpc) is 3.35. The second kappa shape index (κ2) is 22.6. The Hall–Kier alpha value is -7.20. The van der Waals surface area contributed by atoms with E-state index in [2.05, 4.69) is 0 Å². The van der Waals surface area contributed by atoms with Gasteiger partial charge in [-0.3, -0.25) is 19.2 Å². The molecule has 0 radical (unpaired) electrons. The molecule has 0 saturated heterocycles. The van der Waals surface area contributed by atoms with Crippen LogP contribution in [0.5, 0.6) is 46.0 Å². The number of ether oxygens (including phenoxy) is 4. The van der Waals surface area contributed by atoms with E-state index in [1.807, 2.05) is 0 Å². The van der Waals surface area contributed by atoms with E-state index in [-0.39, 0.29) is 33.8 Å². The van der Waals surface area contributed by atoms with E-state index < -0.39 is 0 Å². The van der Waals surface area contributed by atoms with Crippen molar-refractivity contribution >= 4 is 69.5 Å². The molecule has 0 aromatic heterocycles. The van der Waals surface area contributed by atoms with E-state index >= 15 is 0 Å². The highest BCUT2D eigenvalue weighted by Gasteiger charge is 2.15. The third kappa shape index (κ3) is 12.1. The van der Waals surface area contributed by atoms with Crippen LogP contribution in [0.1, 0.15) is 63.7 Å². The van der Waals surface area contributed by atoms with E-state index in [4.69, 9.17) is 65.4 Å². The molecule has 0 atom stereocenters. The fourth-order valence-corrected chi connectivity index (χ4v) is 6.61. The van der Waals surface area contributed by atoms with Crippen LogP contribution in [-0.2, 0) is 0 Å². The van der Waals surface area contributed by atoms with Crippen molar-refractivity contribution in [3.8, 4) is 46.0 Å². The van der Waals surface area contributed by atoms with Crippen LogP contribution in [0.25, 0.3) is 0 Å². The van der Waals surface area contributed by atoms with E-state index in [0.29, 0.717) is 90.5 Å². The number of halogens is 4. The first kappa shape index (κ1) is 46.8. The van der Waals surface area contributed by atoms with E-state index in [0.717, 1.165) is 0 Å². The molecule has 8 aromatic carbocycles. The zero-order chi connectivity index (χ0) is 46.4. The predicted octanol–water partition coefficient (Wildman–Crippen LogP) is 14.9. The van der Waals surface area contributed by atoms with Crippen LogP contribution in [0.4, 0.5) is 0 Å². The maximum atomic E-state index is 13.3. The zero-order valence-corrected chi connectivity index (χ0v) is 37.7. The summed E-state index contributed by atoms with van der Waals surface area (Å²) in [4.78, 5) is 53.1. The van der Waals surface area contributed by atoms with Gasteiger partial charge in [-0.1, -0.05) is 0 Å². The Morgan fingerprint density at radius 3 is 0.394 bits per heavy atom. The molecule has 0 N–H and O–H groups in total. The van der Waals surface area contributed by atoms with Gasteiger partial charge in [0.1, 0.15) is 46.0 Å². The first-order chi connectivity index (χ1) is 32.1. The lowest BCUT2D eigenvalue weighted by Gasteiger charge is -2.10. The van der Waals surface area contributed by atoms with Crippen LogP contribution in [0, 0.1) is 0 Å². The van der Waals surface area contributed by atoms with Crippen molar-refractivity contribution in [1.82, 2.24) is 0 Å². The molecule has 0 amide bonds. The Morgan fingerprint density at radius 1 is 0.212 bits per heavy atom. The number of hydrogen-bond acceptors (Lipinski definition) is 8. The zero-order valence-electron chi connectivity index (χ0n) is 34.7. The van der Waals surface area contributed by atoms with Crippen molar-refractivity contribution in [3.05, 3.63) is 239 Å². The second-order valence-corrected chi connectivity index (χ2v) is 15.7. The van der Waals surface area contributed by atoms with E-state index in [1.165, 1.54) is 0 Å². The Bertz CT molecular complexity index is 2310. The molecule has 8 nitrogen and oxygen atoms in total. The minimum absolute atomic E-state index is 0.159. The molecule has 0 spiro atoms. The molecular weight excluding hydrogens is 918 g/mol. The minimum Gasteiger partial charge on any atom is -0.457 e. The normalized spacial score (nSPS) is 12.1. The average molecular weight is 955 g/mol. The number of rotatable bonds is 0. The van der Waals surface area contributed by atoms with Crippen molar-refractivity contribution in [2.75, 3.05) is 10.7 Å². The molecule has 16 bridgehead atoms. The fraction of sp³-hybridized carbons (Fsp3) is 0.0370. The summed E-state index contributed by atoms with van der Waals surface area (Å²) in [5.41, 5.74) is 3.92. The number of alkyl halides is 4. The summed E-state index contributed by atoms with van der Waals surface area (Å²) in [5, 5.41) is 0.389. The SMILES string of the molecule is ClCCl.ClCCl.O=C1c2ccc(cc2)Oc2ccc(cc2)C(=O)c2ccc(cc2)Oc2ccc(cc2)C(=O)c2ccc(cc2)Oc2ccc(cc2)C(=O)c2ccc(cc2)Oc2ccc1cc2. The standard InChI is InChI=1S/C52H32O8.2CH2Cl2/c53-49-33-1-17-41(18-2-33)57-42-21-5-35(6-22-42)50(54)36-9-25-45(26-10-36)59-46-29-13-39(14-30-46)52(56)40-15-31-48(32-16-40)60-47-27-11-38(12-28-47)51(55)37-7-23-44(24-8-37)58-43-19-3-34(49)4-20-43;2*2-1-3/h1-32H;2*1H2. The summed E-state index contributed by atoms with van der Waals surface area (Å²) >= 11 is 19.1. The van der Waals surface area contributed by atoms with Gasteiger partial charge < -0.3 is 18.9 Å². The molecule has 21 rings (SSSR count). The van der Waals surface area contributed by atoms with Crippen molar-refractivity contribution < 1.29 is 38.1 Å². The van der Waals surface area contributed by atoms with Gasteiger partial charge in [-0.25, -0.2) is 0 Å². The van der Waals surface area contributed by atoms with Crippen LogP contribution in [-0.4, -0.2) is 33.8 Å². The summed E-state index contributed by atoms with van der Waals surface area (Å²) < 4.78 is 24.0. The topological polar surface area (TPSA) is 105 Å². The van der Waals surface area contributed by atoms with Gasteiger partial charge in [-0.2, -0.15) is 0 Å². The molecule has 0 unspecified atom stereocenters. The van der Waals surface area contributed by atoms with Crippen LogP contribution in [0.3, 0.4) is 0 Å². The summed E-state index contributed by atoms with van der Waals surface area (Å²) in [5.74, 6) is 3.63. The molecule has 13 aliphatic rings. The van der Waals surface area contributed by atoms with Crippen molar-refractivity contribution in [3.63, 3.8) is 0 Å². The lowest BCUT2D eigenvalue weighted by Crippen LogP contribution is -2.02. The minimum atomic E-state index is -0.159. The first-order valence-electron chi connectivity index (χ1n) is 20.1. The van der Waals surface area contributed by atoms with Gasteiger partial charge in [0.25, 0.3) is 0 Å². The van der Waals surface area contributed by atoms with E-state index in [1.54, 1.807) is 194 Å². The van der Waals surface area contributed by atoms with Crippen molar-refractivity contribution in [1.29, 1.82) is 0 Å². The molecule has 12 heteroatoms. The van der Waals surface area contributed by atoms with Gasteiger partial charge >= 0.3 is 0 Å². The van der Waals surface area contributed by atoms with Gasteiger partial charge in [0, 0.05) is 44.5 Å². The molecule has 8 aromatic rings. The van der Waals surface area contributed by atoms with Gasteiger partial charge in [0.15, 0.2) is 23.1 Å². The maximum Gasteiger partial charge on any atom is 0.193 e. The molecule has 328 valence electrons. The number of benzene rings is 8. The van der Waals surface area contributed by atoms with Crippen LogP contribution in [0.2, 0.25) is 0 Å². The second-order valence-electron chi connectivity index (χ2n) is 14.1. The Balaban J connectivity index is 0.00000103. The number of carbonyl (C=O) groups is 4. The quantitative estimate of drug-likeness (QED) is 0.138. The Labute approximate surface area is 400 Å². The highest BCUT2D eigenvalue weighted by atomic mass is 35.5. The molecular formula is C54H36Cl4O8. The number of ketones is 4. The van der Waals surface area contributed by atoms with Gasteiger partial charge in [0.2, 0.25) is 0 Å². The third-order valence-electron chi connectivity index (χ3n) is 9.87. The van der Waals surface area contributed by atoms with Crippen LogP contribution >= 0.6 is 46.4 Å². The van der Waals surface area contributed by atoms with Crippen molar-refractivity contribution in [2.24, 2.45) is 0 Å². The first-order valence-corrected chi connectivity index (χ1v) is 22.2. The molecule has 13 aliphatic heterocycles. The lowest BCUT2D eigenvalue weighted by atomic mass is 10.0. The van der Waals surface area contributed by atoms with Crippen molar-refractivity contribution in [2.45, 2.75) is 0 Å². The predicted molar refractivity (Wildman–Crippen MR) is 259 cm³/mol. The Kier molecular flexibility index (Phi) is 16.0. The summed E-state index contributed by atoms with van der Waals surface area (Å²) in [6.07, 6.45) is 0. The highest BCUT2D eigenvalue weighted by molar-refractivity contribution is 6.41. The smallest absolute Gasteiger partial charge is 0.193 e. The van der Waals surface area contributed by atoms with Crippen LogP contribution < -0.4 is 18.9 Å². The molecule has 0 saturated carbocycles. The van der Waals surface area contributed by atoms with Gasteiger partial charge in [-0.05, 0) is 194 Å². The Morgan fingerprint density at radius 2 is 0.303 bits per heavy atom. The molecule has 0 aliphatic carbocycles. The third-order valence-corrected chi connectivity index (χ3v) is 9.87. The largest absolute Gasteiger partial charge is 0.457 e.